The summed E-state index contributed by atoms with van der Waals surface area (Å²) in [6, 6.07) is 17.0. The van der Waals surface area contributed by atoms with Crippen LogP contribution in [0.25, 0.3) is 0 Å². The molecular weight excluding hydrogens is 272 g/mol. The van der Waals surface area contributed by atoms with Crippen LogP contribution in [0.5, 0.6) is 0 Å². The largest absolute Gasteiger partial charge is 0.378 e. The van der Waals surface area contributed by atoms with Crippen molar-refractivity contribution in [2.24, 2.45) is 0 Å². The van der Waals surface area contributed by atoms with Crippen LogP contribution in [-0.4, -0.2) is 5.91 Å². The fourth-order valence-electron chi connectivity index (χ4n) is 3.13. The molecule has 1 aliphatic rings. The Hall–Kier alpha value is -2.29. The van der Waals surface area contributed by atoms with Gasteiger partial charge in [-0.2, -0.15) is 0 Å². The molecule has 0 bridgehead atoms. The van der Waals surface area contributed by atoms with Gasteiger partial charge in [-0.3, -0.25) is 4.79 Å². The van der Waals surface area contributed by atoms with E-state index in [0.29, 0.717) is 6.04 Å². The number of rotatable bonds is 3. The minimum Gasteiger partial charge on any atom is -0.378 e. The summed E-state index contributed by atoms with van der Waals surface area (Å²) < 4.78 is 0. The van der Waals surface area contributed by atoms with Crippen molar-refractivity contribution in [2.45, 2.75) is 38.6 Å². The summed E-state index contributed by atoms with van der Waals surface area (Å²) in [5, 5.41) is 6.44. The maximum absolute atomic E-state index is 11.1. The van der Waals surface area contributed by atoms with Crippen LogP contribution in [0, 0.1) is 0 Å². The van der Waals surface area contributed by atoms with Gasteiger partial charge in [0.2, 0.25) is 5.91 Å². The zero-order valence-electron chi connectivity index (χ0n) is 12.9. The van der Waals surface area contributed by atoms with Crippen molar-refractivity contribution in [3.05, 3.63) is 59.7 Å². The Balaban J connectivity index is 1.76. The van der Waals surface area contributed by atoms with Crippen LogP contribution >= 0.6 is 0 Å². The number of anilines is 2. The molecule has 1 amide bonds. The van der Waals surface area contributed by atoms with Crippen LogP contribution < -0.4 is 10.6 Å². The Kier molecular flexibility index (Phi) is 4.42. The van der Waals surface area contributed by atoms with Gasteiger partial charge < -0.3 is 10.6 Å². The van der Waals surface area contributed by atoms with Crippen molar-refractivity contribution in [1.29, 1.82) is 0 Å². The first-order valence-electron chi connectivity index (χ1n) is 7.94. The third-order valence-electron chi connectivity index (χ3n) is 4.17. The van der Waals surface area contributed by atoms with Gasteiger partial charge in [-0.25, -0.2) is 0 Å². The summed E-state index contributed by atoms with van der Waals surface area (Å²) >= 11 is 0. The van der Waals surface area contributed by atoms with E-state index < -0.39 is 0 Å². The van der Waals surface area contributed by atoms with Gasteiger partial charge in [-0.1, -0.05) is 30.7 Å². The second-order valence-corrected chi connectivity index (χ2v) is 5.90. The molecule has 0 aliphatic heterocycles. The SMILES string of the molecule is CC(=O)Nc1ccc(NC2CCCCc3ccccc32)cc1. The van der Waals surface area contributed by atoms with E-state index >= 15 is 0 Å². The average Bonchev–Trinajstić information content (AvgIpc) is 2.71. The summed E-state index contributed by atoms with van der Waals surface area (Å²) in [7, 11) is 0. The Morgan fingerprint density at radius 2 is 1.73 bits per heavy atom. The lowest BCUT2D eigenvalue weighted by Crippen LogP contribution is -2.11. The molecule has 0 spiro atoms. The van der Waals surface area contributed by atoms with Gasteiger partial charge in [0.15, 0.2) is 0 Å². The van der Waals surface area contributed by atoms with Crippen LogP contribution in [0.15, 0.2) is 48.5 Å². The highest BCUT2D eigenvalue weighted by Gasteiger charge is 2.17. The van der Waals surface area contributed by atoms with Gasteiger partial charge in [-0.15, -0.1) is 0 Å². The number of aryl methyl sites for hydroxylation is 1. The number of benzene rings is 2. The summed E-state index contributed by atoms with van der Waals surface area (Å²) in [6.07, 6.45) is 4.84. The second-order valence-electron chi connectivity index (χ2n) is 5.90. The summed E-state index contributed by atoms with van der Waals surface area (Å²) in [4.78, 5) is 11.1. The van der Waals surface area contributed by atoms with Crippen molar-refractivity contribution in [3.8, 4) is 0 Å². The maximum Gasteiger partial charge on any atom is 0.221 e. The molecule has 2 N–H and O–H groups in total. The maximum atomic E-state index is 11.1. The highest BCUT2D eigenvalue weighted by atomic mass is 16.1. The molecule has 1 aliphatic carbocycles. The molecule has 0 aromatic heterocycles. The number of carbonyl (C=O) groups is 1. The lowest BCUT2D eigenvalue weighted by atomic mass is 9.99. The zero-order chi connectivity index (χ0) is 15.4. The van der Waals surface area contributed by atoms with Crippen molar-refractivity contribution in [2.75, 3.05) is 10.6 Å². The monoisotopic (exact) mass is 294 g/mol. The van der Waals surface area contributed by atoms with E-state index in [4.69, 9.17) is 0 Å². The number of carbonyl (C=O) groups excluding carboxylic acids is 1. The Bertz CT molecular complexity index is 649. The molecule has 0 fully saturated rings. The van der Waals surface area contributed by atoms with Crippen molar-refractivity contribution >= 4 is 17.3 Å². The first-order chi connectivity index (χ1) is 10.7. The van der Waals surface area contributed by atoms with Gasteiger partial charge in [0.25, 0.3) is 0 Å². The number of nitrogens with one attached hydrogen (secondary N) is 2. The Morgan fingerprint density at radius 1 is 1.00 bits per heavy atom. The molecule has 3 nitrogen and oxygen atoms in total. The predicted octanol–water partition coefficient (Wildman–Crippen LogP) is 4.52. The molecule has 114 valence electrons. The summed E-state index contributed by atoms with van der Waals surface area (Å²) in [6.45, 7) is 1.52. The summed E-state index contributed by atoms with van der Waals surface area (Å²) in [5.74, 6) is -0.0431. The van der Waals surface area contributed by atoms with E-state index in [9.17, 15) is 4.79 Å². The molecule has 1 unspecified atom stereocenters. The number of hydrogen-bond donors (Lipinski definition) is 2. The number of fused-ring (bicyclic) bond motifs is 1. The molecule has 0 radical (unpaired) electrons. The van der Waals surface area contributed by atoms with Crippen LogP contribution in [0.4, 0.5) is 11.4 Å². The number of hydrogen-bond acceptors (Lipinski definition) is 2. The zero-order valence-corrected chi connectivity index (χ0v) is 12.9. The average molecular weight is 294 g/mol. The molecule has 1 atom stereocenters. The quantitative estimate of drug-likeness (QED) is 0.817. The van der Waals surface area contributed by atoms with Crippen molar-refractivity contribution < 1.29 is 4.79 Å². The molecule has 0 saturated carbocycles. The fraction of sp³-hybridized carbons (Fsp3) is 0.316. The van der Waals surface area contributed by atoms with Gasteiger partial charge >= 0.3 is 0 Å². The van der Waals surface area contributed by atoms with E-state index in [-0.39, 0.29) is 5.91 Å². The molecule has 22 heavy (non-hydrogen) atoms. The van der Waals surface area contributed by atoms with E-state index in [2.05, 4.69) is 34.9 Å². The normalized spacial score (nSPS) is 17.2. The first-order valence-corrected chi connectivity index (χ1v) is 7.94. The molecular formula is C19H22N2O. The van der Waals surface area contributed by atoms with E-state index in [1.165, 1.54) is 37.3 Å². The minimum atomic E-state index is -0.0431. The standard InChI is InChI=1S/C19H22N2O/c1-14(22)20-16-10-12-17(13-11-16)21-19-9-5-3-7-15-6-2-4-8-18(15)19/h2,4,6,8,10-13,19,21H,3,5,7,9H2,1H3,(H,20,22). The van der Waals surface area contributed by atoms with Gasteiger partial charge in [0.05, 0.1) is 6.04 Å². The van der Waals surface area contributed by atoms with Crippen molar-refractivity contribution in [1.82, 2.24) is 0 Å². The smallest absolute Gasteiger partial charge is 0.221 e. The second kappa shape index (κ2) is 6.65. The molecule has 2 aromatic carbocycles. The van der Waals surface area contributed by atoms with E-state index in [1.807, 2.05) is 24.3 Å². The molecule has 3 heteroatoms. The third-order valence-corrected chi connectivity index (χ3v) is 4.17. The molecule has 0 heterocycles. The summed E-state index contributed by atoms with van der Waals surface area (Å²) in [5.41, 5.74) is 4.81. The predicted molar refractivity (Wildman–Crippen MR) is 91.1 cm³/mol. The van der Waals surface area contributed by atoms with Crippen LogP contribution in [0.3, 0.4) is 0 Å². The highest BCUT2D eigenvalue weighted by molar-refractivity contribution is 5.88. The van der Waals surface area contributed by atoms with Crippen LogP contribution in [-0.2, 0) is 11.2 Å². The lowest BCUT2D eigenvalue weighted by Gasteiger charge is -2.21. The molecule has 2 aromatic rings. The van der Waals surface area contributed by atoms with E-state index in [0.717, 1.165) is 17.8 Å². The topological polar surface area (TPSA) is 41.1 Å². The third kappa shape index (κ3) is 3.48. The van der Waals surface area contributed by atoms with Crippen LogP contribution in [0.1, 0.15) is 43.4 Å². The minimum absolute atomic E-state index is 0.0431. The Labute approximate surface area is 131 Å². The molecule has 3 rings (SSSR count). The van der Waals surface area contributed by atoms with Crippen molar-refractivity contribution in [3.63, 3.8) is 0 Å². The Morgan fingerprint density at radius 3 is 2.50 bits per heavy atom. The highest BCUT2D eigenvalue weighted by Crippen LogP contribution is 2.31. The lowest BCUT2D eigenvalue weighted by molar-refractivity contribution is -0.114. The number of amides is 1. The molecule has 0 saturated heterocycles. The van der Waals surface area contributed by atoms with Gasteiger partial charge in [0.1, 0.15) is 0 Å². The van der Waals surface area contributed by atoms with Gasteiger partial charge in [0, 0.05) is 18.3 Å². The van der Waals surface area contributed by atoms with E-state index in [1.54, 1.807) is 0 Å². The first kappa shape index (κ1) is 14.6. The fourth-order valence-corrected chi connectivity index (χ4v) is 3.13. The van der Waals surface area contributed by atoms with Crippen LogP contribution in [0.2, 0.25) is 0 Å². The van der Waals surface area contributed by atoms with Gasteiger partial charge in [-0.05, 0) is 54.7 Å².